The van der Waals surface area contributed by atoms with Gasteiger partial charge in [0.1, 0.15) is 5.82 Å². The van der Waals surface area contributed by atoms with Crippen molar-refractivity contribution in [3.63, 3.8) is 0 Å². The number of esters is 1. The number of nitrogens with zero attached hydrogens (tertiary/aromatic N) is 4. The topological polar surface area (TPSA) is 70.6 Å². The molecule has 1 aliphatic rings. The van der Waals surface area contributed by atoms with Crippen molar-refractivity contribution in [2.45, 2.75) is 0 Å². The van der Waals surface area contributed by atoms with Crippen LogP contribution in [-0.4, -0.2) is 49.2 Å². The number of aromatic nitrogens is 2. The summed E-state index contributed by atoms with van der Waals surface area (Å²) in [5.74, 6) is 1.01. The first kappa shape index (κ1) is 18.7. The van der Waals surface area contributed by atoms with Crippen LogP contribution in [-0.2, 0) is 4.74 Å². The molecule has 1 aliphatic heterocycles. The Morgan fingerprint density at radius 3 is 2.48 bits per heavy atom. The molecule has 0 bridgehead atoms. The highest BCUT2D eigenvalue weighted by molar-refractivity contribution is 5.90. The molecule has 1 N–H and O–H groups in total. The largest absolute Gasteiger partial charge is 0.465 e. The van der Waals surface area contributed by atoms with Gasteiger partial charge in [-0.2, -0.15) is 4.98 Å². The van der Waals surface area contributed by atoms with Crippen molar-refractivity contribution < 1.29 is 9.53 Å². The molecule has 3 aromatic rings. The van der Waals surface area contributed by atoms with Gasteiger partial charge in [-0.15, -0.1) is 0 Å². The van der Waals surface area contributed by atoms with Crippen LogP contribution in [0.3, 0.4) is 0 Å². The SMILES string of the molecule is COC(=O)c1cccc(Nc2nccc(N3CCN(c4ccccc4)CC3)n2)c1. The van der Waals surface area contributed by atoms with Crippen molar-refractivity contribution in [3.8, 4) is 0 Å². The minimum Gasteiger partial charge on any atom is -0.465 e. The van der Waals surface area contributed by atoms with Gasteiger partial charge in [0, 0.05) is 43.8 Å². The normalized spacial score (nSPS) is 13.8. The number of benzene rings is 2. The molecule has 29 heavy (non-hydrogen) atoms. The third kappa shape index (κ3) is 4.45. The smallest absolute Gasteiger partial charge is 0.337 e. The first-order valence-corrected chi connectivity index (χ1v) is 9.56. The van der Waals surface area contributed by atoms with Gasteiger partial charge in [0.25, 0.3) is 0 Å². The van der Waals surface area contributed by atoms with Crippen molar-refractivity contribution in [1.82, 2.24) is 9.97 Å². The summed E-state index contributed by atoms with van der Waals surface area (Å²) < 4.78 is 4.77. The highest BCUT2D eigenvalue weighted by Crippen LogP contribution is 2.21. The fourth-order valence-electron chi connectivity index (χ4n) is 3.39. The Balaban J connectivity index is 1.42. The van der Waals surface area contributed by atoms with Crippen molar-refractivity contribution >= 4 is 29.1 Å². The summed E-state index contributed by atoms with van der Waals surface area (Å²) in [6.45, 7) is 3.67. The third-order valence-corrected chi connectivity index (χ3v) is 4.91. The Labute approximate surface area is 170 Å². The Kier molecular flexibility index (Phi) is 5.56. The van der Waals surface area contributed by atoms with E-state index in [4.69, 9.17) is 4.74 Å². The molecule has 2 heterocycles. The van der Waals surface area contributed by atoms with Crippen LogP contribution in [0.5, 0.6) is 0 Å². The maximum atomic E-state index is 11.7. The number of anilines is 4. The lowest BCUT2D eigenvalue weighted by atomic mass is 10.2. The van der Waals surface area contributed by atoms with Crippen LogP contribution in [0.4, 0.5) is 23.1 Å². The summed E-state index contributed by atoms with van der Waals surface area (Å²) in [5.41, 5.74) is 2.47. The van der Waals surface area contributed by atoms with Crippen molar-refractivity contribution in [2.24, 2.45) is 0 Å². The molecule has 1 saturated heterocycles. The number of nitrogens with one attached hydrogen (secondary N) is 1. The Morgan fingerprint density at radius 1 is 0.966 bits per heavy atom. The summed E-state index contributed by atoms with van der Waals surface area (Å²) >= 11 is 0. The average Bonchev–Trinajstić information content (AvgIpc) is 2.79. The van der Waals surface area contributed by atoms with Gasteiger partial charge in [-0.1, -0.05) is 24.3 Å². The number of carbonyl (C=O) groups excluding carboxylic acids is 1. The molecule has 0 saturated carbocycles. The molecule has 1 fully saturated rings. The zero-order valence-electron chi connectivity index (χ0n) is 16.3. The number of carbonyl (C=O) groups is 1. The predicted molar refractivity (Wildman–Crippen MR) is 114 cm³/mol. The Hall–Kier alpha value is -3.61. The minimum atomic E-state index is -0.375. The van der Waals surface area contributed by atoms with E-state index in [1.54, 1.807) is 24.4 Å². The maximum Gasteiger partial charge on any atom is 0.337 e. The van der Waals surface area contributed by atoms with E-state index in [-0.39, 0.29) is 5.97 Å². The van der Waals surface area contributed by atoms with Crippen LogP contribution < -0.4 is 15.1 Å². The summed E-state index contributed by atoms with van der Waals surface area (Å²) in [5, 5.41) is 3.17. The van der Waals surface area contributed by atoms with Gasteiger partial charge in [0.2, 0.25) is 5.95 Å². The highest BCUT2D eigenvalue weighted by atomic mass is 16.5. The fraction of sp³-hybridized carbons (Fsp3) is 0.227. The van der Waals surface area contributed by atoms with Gasteiger partial charge in [-0.05, 0) is 36.4 Å². The van der Waals surface area contributed by atoms with E-state index in [1.807, 2.05) is 18.2 Å². The summed E-state index contributed by atoms with van der Waals surface area (Å²) in [6.07, 6.45) is 1.75. The number of rotatable bonds is 5. The molecule has 148 valence electrons. The molecule has 0 spiro atoms. The first-order valence-electron chi connectivity index (χ1n) is 9.56. The van der Waals surface area contributed by atoms with E-state index in [9.17, 15) is 4.79 Å². The van der Waals surface area contributed by atoms with Gasteiger partial charge in [-0.25, -0.2) is 9.78 Å². The van der Waals surface area contributed by atoms with E-state index in [1.165, 1.54) is 12.8 Å². The molecular formula is C22H23N5O2. The second kappa shape index (κ2) is 8.60. The Bertz CT molecular complexity index is 972. The van der Waals surface area contributed by atoms with Crippen LogP contribution in [0.2, 0.25) is 0 Å². The second-order valence-electron chi connectivity index (χ2n) is 6.75. The number of hydrogen-bond donors (Lipinski definition) is 1. The molecule has 0 aliphatic carbocycles. The lowest BCUT2D eigenvalue weighted by molar-refractivity contribution is 0.0601. The van der Waals surface area contributed by atoms with Crippen LogP contribution in [0.25, 0.3) is 0 Å². The van der Waals surface area contributed by atoms with Crippen LogP contribution in [0.1, 0.15) is 10.4 Å². The minimum absolute atomic E-state index is 0.375. The molecular weight excluding hydrogens is 366 g/mol. The van der Waals surface area contributed by atoms with E-state index in [2.05, 4.69) is 49.4 Å². The summed E-state index contributed by atoms with van der Waals surface area (Å²) in [6, 6.07) is 19.5. The van der Waals surface area contributed by atoms with Crippen molar-refractivity contribution in [2.75, 3.05) is 48.4 Å². The van der Waals surface area contributed by atoms with E-state index >= 15 is 0 Å². The first-order chi connectivity index (χ1) is 14.2. The van der Waals surface area contributed by atoms with Gasteiger partial charge in [-0.3, -0.25) is 0 Å². The van der Waals surface area contributed by atoms with E-state index in [0.29, 0.717) is 11.5 Å². The fourth-order valence-corrected chi connectivity index (χ4v) is 3.39. The molecule has 0 amide bonds. The zero-order chi connectivity index (χ0) is 20.1. The van der Waals surface area contributed by atoms with Gasteiger partial charge < -0.3 is 19.9 Å². The monoisotopic (exact) mass is 389 g/mol. The van der Waals surface area contributed by atoms with Gasteiger partial charge in [0.05, 0.1) is 12.7 Å². The summed E-state index contributed by atoms with van der Waals surface area (Å²) in [4.78, 5) is 25.3. The zero-order valence-corrected chi connectivity index (χ0v) is 16.3. The average molecular weight is 389 g/mol. The van der Waals surface area contributed by atoms with Gasteiger partial charge in [0.15, 0.2) is 0 Å². The standard InChI is InChI=1S/C22H23N5O2/c1-29-21(28)17-6-5-7-18(16-17)24-22-23-11-10-20(25-22)27-14-12-26(13-15-27)19-8-3-2-4-9-19/h2-11,16H,12-15H2,1H3,(H,23,24,25). The Morgan fingerprint density at radius 2 is 1.72 bits per heavy atom. The molecule has 2 aromatic carbocycles. The van der Waals surface area contributed by atoms with Crippen molar-refractivity contribution in [1.29, 1.82) is 0 Å². The molecule has 7 nitrogen and oxygen atoms in total. The predicted octanol–water partition coefficient (Wildman–Crippen LogP) is 3.33. The number of methoxy groups -OCH3 is 1. The van der Waals surface area contributed by atoms with Gasteiger partial charge >= 0.3 is 5.97 Å². The van der Waals surface area contributed by atoms with E-state index in [0.717, 1.165) is 37.7 Å². The molecule has 0 atom stereocenters. The second-order valence-corrected chi connectivity index (χ2v) is 6.75. The molecule has 7 heteroatoms. The number of para-hydroxylation sites is 1. The number of hydrogen-bond acceptors (Lipinski definition) is 7. The highest BCUT2D eigenvalue weighted by Gasteiger charge is 2.18. The quantitative estimate of drug-likeness (QED) is 0.671. The molecule has 0 unspecified atom stereocenters. The molecule has 1 aromatic heterocycles. The van der Waals surface area contributed by atoms with E-state index < -0.39 is 0 Å². The third-order valence-electron chi connectivity index (χ3n) is 4.91. The van der Waals surface area contributed by atoms with Crippen LogP contribution in [0, 0.1) is 0 Å². The summed E-state index contributed by atoms with van der Waals surface area (Å²) in [7, 11) is 1.37. The molecule has 4 rings (SSSR count). The van der Waals surface area contributed by atoms with Crippen LogP contribution in [0.15, 0.2) is 66.9 Å². The lowest BCUT2D eigenvalue weighted by Gasteiger charge is -2.36. The number of ether oxygens (including phenoxy) is 1. The van der Waals surface area contributed by atoms with Crippen LogP contribution >= 0.6 is 0 Å². The maximum absolute atomic E-state index is 11.7. The molecule has 0 radical (unpaired) electrons. The number of piperazine rings is 1. The lowest BCUT2D eigenvalue weighted by Crippen LogP contribution is -2.46. The van der Waals surface area contributed by atoms with Crippen molar-refractivity contribution in [3.05, 3.63) is 72.4 Å².